The van der Waals surface area contributed by atoms with Crippen molar-refractivity contribution in [2.75, 3.05) is 12.9 Å². The molecule has 0 aliphatic carbocycles. The molecule has 0 saturated heterocycles. The summed E-state index contributed by atoms with van der Waals surface area (Å²) in [5.74, 6) is 0.767. The first kappa shape index (κ1) is 17.3. The maximum Gasteiger partial charge on any atom is 0.268 e. The van der Waals surface area contributed by atoms with Crippen molar-refractivity contribution >= 4 is 40.2 Å². The van der Waals surface area contributed by atoms with Gasteiger partial charge in [-0.1, -0.05) is 17.7 Å². The van der Waals surface area contributed by atoms with Gasteiger partial charge in [0.05, 0.1) is 12.6 Å². The molecule has 3 aromatic rings. The molecule has 4 nitrogen and oxygen atoms in total. The van der Waals surface area contributed by atoms with Crippen LogP contribution in [-0.2, 0) is 7.05 Å². The van der Waals surface area contributed by atoms with E-state index in [1.54, 1.807) is 11.8 Å². The van der Waals surface area contributed by atoms with Crippen molar-refractivity contribution in [3.8, 4) is 5.75 Å². The monoisotopic (exact) mass is 386 g/mol. The molecule has 1 N–H and O–H groups in total. The Labute approximate surface area is 161 Å². The summed E-state index contributed by atoms with van der Waals surface area (Å²) in [5.41, 5.74) is 2.64. The number of aromatic nitrogens is 1. The molecule has 1 aliphatic rings. The fourth-order valence-electron chi connectivity index (χ4n) is 3.42. The molecular weight excluding hydrogens is 368 g/mol. The van der Waals surface area contributed by atoms with Gasteiger partial charge in [-0.2, -0.15) is 0 Å². The van der Waals surface area contributed by atoms with Gasteiger partial charge in [0.25, 0.3) is 5.91 Å². The second-order valence-electron chi connectivity index (χ2n) is 6.36. The first-order valence-corrected chi connectivity index (χ1v) is 10.0. The quantitative estimate of drug-likeness (QED) is 0.657. The van der Waals surface area contributed by atoms with Crippen LogP contribution in [-0.4, -0.2) is 23.3 Å². The number of nitrogens with zero attached hydrogens (tertiary/aromatic N) is 1. The topological polar surface area (TPSA) is 43.3 Å². The zero-order valence-corrected chi connectivity index (χ0v) is 16.2. The van der Waals surface area contributed by atoms with Crippen molar-refractivity contribution in [2.24, 2.45) is 7.05 Å². The summed E-state index contributed by atoms with van der Waals surface area (Å²) >= 11 is 7.75. The van der Waals surface area contributed by atoms with Crippen molar-refractivity contribution in [3.63, 3.8) is 0 Å². The van der Waals surface area contributed by atoms with Crippen LogP contribution in [0.15, 0.2) is 47.4 Å². The van der Waals surface area contributed by atoms with E-state index in [0.717, 1.165) is 33.5 Å². The number of ether oxygens (including phenoxy) is 1. The molecule has 1 aliphatic heterocycles. The number of carbonyl (C=O) groups is 1. The Bertz CT molecular complexity index is 999. The number of halogens is 1. The van der Waals surface area contributed by atoms with Crippen LogP contribution in [0.5, 0.6) is 5.75 Å². The van der Waals surface area contributed by atoms with Crippen LogP contribution in [0.1, 0.15) is 28.5 Å². The third-order valence-corrected chi connectivity index (χ3v) is 5.76. The number of hydrogen-bond donors (Lipinski definition) is 1. The maximum absolute atomic E-state index is 12.9. The standard InChI is InChI=1S/C20H19ClN2O2S/c1-23-17-6-3-13(21)9-12(17)10-18(23)20(24)22-16-7-8-25-19-11-14(26-2)4-5-15(16)19/h3-6,9-11,16H,7-8H2,1-2H3,(H,22,24). The molecule has 6 heteroatoms. The van der Waals surface area contributed by atoms with Gasteiger partial charge in [-0.25, -0.2) is 0 Å². The molecule has 1 aromatic heterocycles. The lowest BCUT2D eigenvalue weighted by molar-refractivity contribution is 0.0917. The number of nitrogens with one attached hydrogen (secondary N) is 1. The molecule has 1 atom stereocenters. The summed E-state index contributed by atoms with van der Waals surface area (Å²) in [4.78, 5) is 14.1. The number of fused-ring (bicyclic) bond motifs is 2. The van der Waals surface area contributed by atoms with Gasteiger partial charge in [0.1, 0.15) is 11.4 Å². The van der Waals surface area contributed by atoms with Gasteiger partial charge in [-0.15, -0.1) is 11.8 Å². The zero-order valence-electron chi connectivity index (χ0n) is 14.6. The number of amides is 1. The molecule has 0 saturated carbocycles. The summed E-state index contributed by atoms with van der Waals surface area (Å²) in [7, 11) is 1.90. The molecule has 4 rings (SSSR count). The lowest BCUT2D eigenvalue weighted by Gasteiger charge is -2.27. The lowest BCUT2D eigenvalue weighted by Crippen LogP contribution is -2.33. The number of hydrogen-bond acceptors (Lipinski definition) is 3. The van der Waals surface area contributed by atoms with Gasteiger partial charge >= 0.3 is 0 Å². The zero-order chi connectivity index (χ0) is 18.3. The Balaban J connectivity index is 1.63. The van der Waals surface area contributed by atoms with Gasteiger partial charge in [0, 0.05) is 39.9 Å². The average Bonchev–Trinajstić information content (AvgIpc) is 2.97. The van der Waals surface area contributed by atoms with E-state index in [-0.39, 0.29) is 11.9 Å². The van der Waals surface area contributed by atoms with Crippen LogP contribution in [0.25, 0.3) is 10.9 Å². The van der Waals surface area contributed by atoms with E-state index in [0.29, 0.717) is 17.3 Å². The molecule has 0 bridgehead atoms. The first-order valence-electron chi connectivity index (χ1n) is 8.43. The van der Waals surface area contributed by atoms with Gasteiger partial charge in [0.15, 0.2) is 0 Å². The van der Waals surface area contributed by atoms with Crippen LogP contribution >= 0.6 is 23.4 Å². The number of thioether (sulfide) groups is 1. The Kier molecular flexibility index (Phi) is 4.59. The minimum Gasteiger partial charge on any atom is -0.493 e. The molecule has 134 valence electrons. The van der Waals surface area contributed by atoms with Crippen molar-refractivity contribution < 1.29 is 9.53 Å². The first-order chi connectivity index (χ1) is 12.6. The van der Waals surface area contributed by atoms with Crippen molar-refractivity contribution in [1.29, 1.82) is 0 Å². The second-order valence-corrected chi connectivity index (χ2v) is 7.67. The van der Waals surface area contributed by atoms with Crippen molar-refractivity contribution in [1.82, 2.24) is 9.88 Å². The minimum absolute atomic E-state index is 0.0521. The summed E-state index contributed by atoms with van der Waals surface area (Å²) in [6, 6.07) is 13.6. The van der Waals surface area contributed by atoms with Crippen LogP contribution in [0.2, 0.25) is 5.02 Å². The number of benzene rings is 2. The Morgan fingerprint density at radius 3 is 2.92 bits per heavy atom. The molecule has 0 spiro atoms. The minimum atomic E-state index is -0.0911. The fraction of sp³-hybridized carbons (Fsp3) is 0.250. The smallest absolute Gasteiger partial charge is 0.268 e. The Morgan fingerprint density at radius 2 is 2.12 bits per heavy atom. The van der Waals surface area contributed by atoms with Crippen LogP contribution < -0.4 is 10.1 Å². The maximum atomic E-state index is 12.9. The Morgan fingerprint density at radius 1 is 1.27 bits per heavy atom. The summed E-state index contributed by atoms with van der Waals surface area (Å²) in [6.45, 7) is 0.598. The van der Waals surface area contributed by atoms with E-state index in [2.05, 4.69) is 11.4 Å². The van der Waals surface area contributed by atoms with Crippen LogP contribution in [0.4, 0.5) is 0 Å². The van der Waals surface area contributed by atoms with Crippen LogP contribution in [0, 0.1) is 0 Å². The predicted molar refractivity (Wildman–Crippen MR) is 106 cm³/mol. The van der Waals surface area contributed by atoms with E-state index < -0.39 is 0 Å². The highest BCUT2D eigenvalue weighted by atomic mass is 35.5. The summed E-state index contributed by atoms with van der Waals surface area (Å²) < 4.78 is 7.68. The molecular formula is C20H19ClN2O2S. The summed E-state index contributed by atoms with van der Waals surface area (Å²) in [5, 5.41) is 4.79. The third-order valence-electron chi connectivity index (χ3n) is 4.80. The largest absolute Gasteiger partial charge is 0.493 e. The fourth-order valence-corrected chi connectivity index (χ4v) is 4.03. The predicted octanol–water partition coefficient (Wildman–Crippen LogP) is 4.81. The van der Waals surface area contributed by atoms with Gasteiger partial charge in [-0.05, 0) is 42.7 Å². The molecule has 1 unspecified atom stereocenters. The normalized spacial score (nSPS) is 16.2. The number of carbonyl (C=O) groups excluding carboxylic acids is 1. The van der Waals surface area contributed by atoms with E-state index in [1.807, 2.05) is 54.3 Å². The molecule has 1 amide bonds. The average molecular weight is 387 g/mol. The SMILES string of the molecule is CSc1ccc2c(c1)OCCC2NC(=O)c1cc2cc(Cl)ccc2n1C. The highest BCUT2D eigenvalue weighted by Crippen LogP contribution is 2.35. The van der Waals surface area contributed by atoms with Crippen molar-refractivity contribution in [2.45, 2.75) is 17.4 Å². The third kappa shape index (κ3) is 3.06. The van der Waals surface area contributed by atoms with E-state index in [9.17, 15) is 4.79 Å². The van der Waals surface area contributed by atoms with Gasteiger partial charge < -0.3 is 14.6 Å². The van der Waals surface area contributed by atoms with E-state index in [4.69, 9.17) is 16.3 Å². The molecule has 26 heavy (non-hydrogen) atoms. The molecule has 0 radical (unpaired) electrons. The Hall–Kier alpha value is -2.11. The van der Waals surface area contributed by atoms with Gasteiger partial charge in [-0.3, -0.25) is 4.79 Å². The van der Waals surface area contributed by atoms with Crippen molar-refractivity contribution in [3.05, 3.63) is 58.7 Å². The number of rotatable bonds is 3. The highest BCUT2D eigenvalue weighted by molar-refractivity contribution is 7.98. The van der Waals surface area contributed by atoms with E-state index >= 15 is 0 Å². The van der Waals surface area contributed by atoms with Gasteiger partial charge in [0.2, 0.25) is 0 Å². The van der Waals surface area contributed by atoms with Crippen LogP contribution in [0.3, 0.4) is 0 Å². The number of aryl methyl sites for hydroxylation is 1. The molecule has 2 heterocycles. The lowest BCUT2D eigenvalue weighted by atomic mass is 10.0. The second kappa shape index (κ2) is 6.89. The molecule has 0 fully saturated rings. The van der Waals surface area contributed by atoms with E-state index in [1.165, 1.54) is 0 Å². The highest BCUT2D eigenvalue weighted by Gasteiger charge is 2.25. The summed E-state index contributed by atoms with van der Waals surface area (Å²) in [6.07, 6.45) is 2.79. The molecule has 2 aromatic carbocycles.